The van der Waals surface area contributed by atoms with Crippen molar-refractivity contribution in [1.82, 2.24) is 24.3 Å². The quantitative estimate of drug-likeness (QED) is 0.689. The van der Waals surface area contributed by atoms with Crippen LogP contribution in [0.4, 0.5) is 0 Å². The molecule has 3 rings (SSSR count). The van der Waals surface area contributed by atoms with E-state index in [2.05, 4.69) is 15.1 Å². The van der Waals surface area contributed by atoms with Gasteiger partial charge in [-0.05, 0) is 24.6 Å². The molecule has 0 aliphatic rings. The Hall–Kier alpha value is -1.88. The first-order valence-corrected chi connectivity index (χ1v) is 6.57. The Morgan fingerprint density at radius 1 is 1.26 bits per heavy atom. The molecule has 0 spiro atoms. The van der Waals surface area contributed by atoms with Crippen molar-refractivity contribution >= 4 is 22.8 Å². The minimum atomic E-state index is 0.369. The van der Waals surface area contributed by atoms with Crippen molar-refractivity contribution in [3.05, 3.63) is 41.6 Å². The maximum absolute atomic E-state index is 6.00. The highest BCUT2D eigenvalue weighted by Crippen LogP contribution is 2.19. The average Bonchev–Trinajstić information content (AvgIpc) is 2.96. The molecule has 0 atom stereocenters. The molecule has 0 unspecified atom stereocenters. The number of aryl methyl sites for hydroxylation is 2. The highest BCUT2D eigenvalue weighted by atomic mass is 35.5. The van der Waals surface area contributed by atoms with Crippen LogP contribution in [0.15, 0.2) is 24.5 Å². The van der Waals surface area contributed by atoms with Crippen molar-refractivity contribution < 1.29 is 0 Å². The van der Waals surface area contributed by atoms with Gasteiger partial charge in [-0.25, -0.2) is 9.97 Å². The summed E-state index contributed by atoms with van der Waals surface area (Å²) in [5, 5.41) is 4.18. The lowest BCUT2D eigenvalue weighted by atomic mass is 10.3. The predicted molar refractivity (Wildman–Crippen MR) is 74.1 cm³/mol. The minimum Gasteiger partial charge on any atom is -0.306 e. The average molecular weight is 276 g/mol. The van der Waals surface area contributed by atoms with Gasteiger partial charge in [-0.1, -0.05) is 0 Å². The molecule has 98 valence electrons. The van der Waals surface area contributed by atoms with E-state index in [1.807, 2.05) is 35.4 Å². The highest BCUT2D eigenvalue weighted by Gasteiger charge is 2.14. The number of imidazole rings is 1. The van der Waals surface area contributed by atoms with Gasteiger partial charge in [0.1, 0.15) is 11.3 Å². The number of fused-ring (bicyclic) bond motifs is 1. The first kappa shape index (κ1) is 12.2. The van der Waals surface area contributed by atoms with Crippen LogP contribution in [0.25, 0.3) is 11.2 Å². The summed E-state index contributed by atoms with van der Waals surface area (Å²) >= 11 is 6.00. The van der Waals surface area contributed by atoms with Crippen LogP contribution < -0.4 is 0 Å². The van der Waals surface area contributed by atoms with Gasteiger partial charge in [-0.2, -0.15) is 5.10 Å². The molecule has 0 bridgehead atoms. The molecular formula is C13H14ClN5. The summed E-state index contributed by atoms with van der Waals surface area (Å²) in [5.74, 6) is 1.20. The van der Waals surface area contributed by atoms with Gasteiger partial charge < -0.3 is 4.57 Å². The zero-order valence-corrected chi connectivity index (χ0v) is 11.6. The second kappa shape index (κ2) is 4.66. The Labute approximate surface area is 115 Å². The summed E-state index contributed by atoms with van der Waals surface area (Å²) in [6, 6.07) is 3.95. The molecule has 3 heterocycles. The fourth-order valence-electron chi connectivity index (χ4n) is 2.17. The zero-order valence-electron chi connectivity index (χ0n) is 10.8. The molecular weight excluding hydrogens is 262 g/mol. The molecule has 0 N–H and O–H groups in total. The maximum Gasteiger partial charge on any atom is 0.160 e. The highest BCUT2D eigenvalue weighted by molar-refractivity contribution is 6.16. The van der Waals surface area contributed by atoms with E-state index in [-0.39, 0.29) is 0 Å². The summed E-state index contributed by atoms with van der Waals surface area (Å²) in [6.07, 6.45) is 3.59. The van der Waals surface area contributed by atoms with Gasteiger partial charge in [-0.15, -0.1) is 11.6 Å². The van der Waals surface area contributed by atoms with Crippen molar-refractivity contribution in [3.63, 3.8) is 0 Å². The zero-order chi connectivity index (χ0) is 13.4. The van der Waals surface area contributed by atoms with Gasteiger partial charge >= 0.3 is 0 Å². The third kappa shape index (κ3) is 2.00. The Kier molecular flexibility index (Phi) is 2.98. The molecule has 0 fully saturated rings. The summed E-state index contributed by atoms with van der Waals surface area (Å²) in [7, 11) is 1.92. The van der Waals surface area contributed by atoms with E-state index in [0.29, 0.717) is 12.4 Å². The number of aromatic nitrogens is 5. The Bertz CT molecular complexity index is 728. The lowest BCUT2D eigenvalue weighted by Crippen LogP contribution is -2.08. The van der Waals surface area contributed by atoms with Crippen LogP contribution in [-0.2, 0) is 19.5 Å². The van der Waals surface area contributed by atoms with E-state index in [1.165, 1.54) is 0 Å². The second-order valence-corrected chi connectivity index (χ2v) is 4.76. The largest absolute Gasteiger partial charge is 0.306 e. The van der Waals surface area contributed by atoms with Crippen LogP contribution in [0.5, 0.6) is 0 Å². The predicted octanol–water partition coefficient (Wildman–Crippen LogP) is 2.26. The van der Waals surface area contributed by atoms with E-state index in [9.17, 15) is 0 Å². The molecule has 0 saturated carbocycles. The summed E-state index contributed by atoms with van der Waals surface area (Å²) in [5.41, 5.74) is 3.99. The molecule has 0 saturated heterocycles. The molecule has 0 aliphatic carbocycles. The van der Waals surface area contributed by atoms with Crippen LogP contribution >= 0.6 is 11.6 Å². The second-order valence-electron chi connectivity index (χ2n) is 4.49. The number of halogens is 1. The number of hydrogen-bond acceptors (Lipinski definition) is 3. The standard InChI is InChI=1S/C13H14ClN5/c1-9-3-5-15-13-12(9)17-11(7-14)19(13)8-10-4-6-16-18(10)2/h3-6H,7-8H2,1-2H3. The fraction of sp³-hybridized carbons (Fsp3) is 0.308. The van der Waals surface area contributed by atoms with E-state index in [1.54, 1.807) is 12.4 Å². The lowest BCUT2D eigenvalue weighted by molar-refractivity contribution is 0.661. The first-order chi connectivity index (χ1) is 9.20. The van der Waals surface area contributed by atoms with Gasteiger partial charge in [0.2, 0.25) is 0 Å². The molecule has 0 radical (unpaired) electrons. The third-order valence-electron chi connectivity index (χ3n) is 3.28. The lowest BCUT2D eigenvalue weighted by Gasteiger charge is -2.07. The van der Waals surface area contributed by atoms with Crippen LogP contribution in [0.2, 0.25) is 0 Å². The van der Waals surface area contributed by atoms with E-state index in [0.717, 1.165) is 28.2 Å². The fourth-order valence-corrected chi connectivity index (χ4v) is 2.37. The SMILES string of the molecule is Cc1ccnc2c1nc(CCl)n2Cc1ccnn1C. The normalized spacial score (nSPS) is 11.3. The van der Waals surface area contributed by atoms with Gasteiger partial charge in [0, 0.05) is 19.4 Å². The molecule has 3 aromatic rings. The topological polar surface area (TPSA) is 48.5 Å². The molecule has 5 nitrogen and oxygen atoms in total. The molecule has 0 aliphatic heterocycles. The van der Waals surface area contributed by atoms with E-state index < -0.39 is 0 Å². The van der Waals surface area contributed by atoms with Crippen LogP contribution in [0, 0.1) is 6.92 Å². The minimum absolute atomic E-state index is 0.369. The first-order valence-electron chi connectivity index (χ1n) is 6.04. The Morgan fingerprint density at radius 3 is 2.79 bits per heavy atom. The molecule has 0 amide bonds. The smallest absolute Gasteiger partial charge is 0.160 e. The number of hydrogen-bond donors (Lipinski definition) is 0. The number of alkyl halides is 1. The van der Waals surface area contributed by atoms with Crippen LogP contribution in [-0.4, -0.2) is 24.3 Å². The third-order valence-corrected chi connectivity index (χ3v) is 3.52. The van der Waals surface area contributed by atoms with Crippen LogP contribution in [0.1, 0.15) is 17.1 Å². The Morgan fingerprint density at radius 2 is 2.11 bits per heavy atom. The van der Waals surface area contributed by atoms with Crippen LogP contribution in [0.3, 0.4) is 0 Å². The molecule has 19 heavy (non-hydrogen) atoms. The van der Waals surface area contributed by atoms with Gasteiger partial charge in [0.25, 0.3) is 0 Å². The number of rotatable bonds is 3. The molecule has 6 heteroatoms. The summed E-state index contributed by atoms with van der Waals surface area (Å²) in [6.45, 7) is 2.70. The van der Waals surface area contributed by atoms with Crippen molar-refractivity contribution in [2.24, 2.45) is 7.05 Å². The van der Waals surface area contributed by atoms with Crippen molar-refractivity contribution in [2.45, 2.75) is 19.3 Å². The summed E-state index contributed by atoms with van der Waals surface area (Å²) < 4.78 is 3.89. The monoisotopic (exact) mass is 275 g/mol. The van der Waals surface area contributed by atoms with Gasteiger partial charge in [-0.3, -0.25) is 4.68 Å². The summed E-state index contributed by atoms with van der Waals surface area (Å²) in [4.78, 5) is 9.01. The van der Waals surface area contributed by atoms with Gasteiger partial charge in [0.05, 0.1) is 18.1 Å². The van der Waals surface area contributed by atoms with E-state index in [4.69, 9.17) is 11.6 Å². The van der Waals surface area contributed by atoms with Crippen molar-refractivity contribution in [1.29, 1.82) is 0 Å². The molecule has 3 aromatic heterocycles. The van der Waals surface area contributed by atoms with E-state index >= 15 is 0 Å². The van der Waals surface area contributed by atoms with Gasteiger partial charge in [0.15, 0.2) is 5.65 Å². The maximum atomic E-state index is 6.00. The molecule has 0 aromatic carbocycles. The number of pyridine rings is 1. The number of nitrogens with zero attached hydrogens (tertiary/aromatic N) is 5. The Balaban J connectivity index is 2.16. The van der Waals surface area contributed by atoms with Crippen molar-refractivity contribution in [2.75, 3.05) is 0 Å². The van der Waals surface area contributed by atoms with Crippen molar-refractivity contribution in [3.8, 4) is 0 Å².